The summed E-state index contributed by atoms with van der Waals surface area (Å²) in [5.74, 6) is -0.588. The van der Waals surface area contributed by atoms with Crippen molar-refractivity contribution in [1.29, 1.82) is 0 Å². The van der Waals surface area contributed by atoms with Crippen molar-refractivity contribution in [3.05, 3.63) is 35.9 Å². The highest BCUT2D eigenvalue weighted by atomic mass is 19.4. The second kappa shape index (κ2) is 6.27. The van der Waals surface area contributed by atoms with E-state index in [0.29, 0.717) is 5.56 Å². The molecule has 1 aromatic carbocycles. The summed E-state index contributed by atoms with van der Waals surface area (Å²) in [7, 11) is 0. The van der Waals surface area contributed by atoms with E-state index in [-0.39, 0.29) is 13.0 Å². The Balaban J connectivity index is 2.28. The van der Waals surface area contributed by atoms with Crippen molar-refractivity contribution in [3.63, 3.8) is 0 Å². The molecule has 0 saturated carbocycles. The smallest absolute Gasteiger partial charge is 0.389 e. The molecular formula is C12H13F3O2. The average molecular weight is 247 g/mol. The third kappa shape index (κ3) is 5.94. The largest absolute Gasteiger partial charge is 0.462 e. The molecule has 5 heteroatoms. The number of rotatable bonds is 5. The molecule has 0 aliphatic carbocycles. The van der Waals surface area contributed by atoms with E-state index in [2.05, 4.69) is 0 Å². The molecule has 1 aromatic rings. The van der Waals surface area contributed by atoms with Crippen molar-refractivity contribution in [2.45, 2.75) is 25.4 Å². The van der Waals surface area contributed by atoms with Crippen molar-refractivity contribution >= 4 is 5.97 Å². The number of ether oxygens (including phenoxy) is 1. The van der Waals surface area contributed by atoms with Crippen LogP contribution in [0.25, 0.3) is 0 Å². The Kier molecular flexibility index (Phi) is 4.41. The van der Waals surface area contributed by atoms with Crippen LogP contribution in [0.4, 0.5) is 13.2 Å². The lowest BCUT2D eigenvalue weighted by Crippen LogP contribution is -2.09. The molecule has 1 atom stereocenters. The van der Waals surface area contributed by atoms with Gasteiger partial charge in [0.25, 0.3) is 0 Å². The summed E-state index contributed by atoms with van der Waals surface area (Å²) in [5.41, 5.74) is 0.342. The minimum Gasteiger partial charge on any atom is -0.462 e. The van der Waals surface area contributed by atoms with Crippen molar-refractivity contribution in [2.24, 2.45) is 0 Å². The normalized spacial score (nSPS) is 13.9. The molecule has 0 bridgehead atoms. The maximum atomic E-state index is 11.9. The summed E-state index contributed by atoms with van der Waals surface area (Å²) in [6.07, 6.45) is -6.96. The predicted octanol–water partition coefficient (Wildman–Crippen LogP) is 3.58. The minimum absolute atomic E-state index is 0.127. The Morgan fingerprint density at radius 3 is 2.53 bits per heavy atom. The molecule has 1 unspecified atom stereocenters. The molecule has 2 nitrogen and oxygen atoms in total. The molecule has 0 heterocycles. The first-order chi connectivity index (χ1) is 8.38. The Morgan fingerprint density at radius 1 is 1.29 bits per heavy atom. The van der Waals surface area contributed by atoms with Crippen molar-refractivity contribution in [3.8, 4) is 0 Å². The van der Waals surface area contributed by atoms with E-state index in [9.17, 15) is 18.0 Å². The molecule has 94 valence electrons. The second-order valence-corrected chi connectivity index (χ2v) is 3.40. The fraction of sp³-hybridized carbons (Fsp3) is 0.417. The molecule has 0 saturated heterocycles. The number of esters is 1. The number of hydrogen-bond acceptors (Lipinski definition) is 2. The topological polar surface area (TPSA) is 26.3 Å². The van der Waals surface area contributed by atoms with Crippen LogP contribution in [0.3, 0.4) is 0 Å². The van der Waals surface area contributed by atoms with Crippen LogP contribution in [0.2, 0.25) is 0 Å². The van der Waals surface area contributed by atoms with Gasteiger partial charge in [-0.1, -0.05) is 18.2 Å². The van der Waals surface area contributed by atoms with Gasteiger partial charge in [0.15, 0.2) is 0 Å². The number of carbonyl (C=O) groups excluding carboxylic acids is 1. The second-order valence-electron chi connectivity index (χ2n) is 3.40. The van der Waals surface area contributed by atoms with E-state index in [1.165, 1.54) is 0 Å². The zero-order valence-corrected chi connectivity index (χ0v) is 9.04. The highest BCUT2D eigenvalue weighted by Crippen LogP contribution is 2.22. The Labute approximate surface area is 98.8 Å². The van der Waals surface area contributed by atoms with E-state index >= 15 is 0 Å². The van der Waals surface area contributed by atoms with Gasteiger partial charge in [-0.2, -0.15) is 13.2 Å². The summed E-state index contributed by atoms with van der Waals surface area (Å²) in [6.45, 7) is -0.183. The van der Waals surface area contributed by atoms with Gasteiger partial charge in [-0.05, 0) is 25.0 Å². The summed E-state index contributed by atoms with van der Waals surface area (Å²) in [6, 6.07) is 8.16. The van der Waals surface area contributed by atoms with Crippen LogP contribution in [0.15, 0.2) is 30.3 Å². The van der Waals surface area contributed by atoms with Gasteiger partial charge in [-0.3, -0.25) is 0 Å². The molecule has 0 N–H and O–H groups in total. The third-order valence-electron chi connectivity index (χ3n) is 1.94. The maximum Gasteiger partial charge on any atom is 0.389 e. The summed E-state index contributed by atoms with van der Waals surface area (Å²) >= 11 is 0. The molecule has 0 aliphatic rings. The van der Waals surface area contributed by atoms with Crippen LogP contribution >= 0.6 is 0 Å². The Bertz CT molecular complexity index is 379. The van der Waals surface area contributed by atoms with Crippen LogP contribution in [-0.2, 0) is 4.74 Å². The van der Waals surface area contributed by atoms with Crippen molar-refractivity contribution in [1.82, 2.24) is 0 Å². The summed E-state index contributed by atoms with van der Waals surface area (Å²) in [4.78, 5) is 11.4. The molecular weight excluding hydrogens is 233 g/mol. The third-order valence-corrected chi connectivity index (χ3v) is 1.94. The van der Waals surface area contributed by atoms with Gasteiger partial charge in [-0.15, -0.1) is 0 Å². The fourth-order valence-electron chi connectivity index (χ4n) is 1.16. The number of carbonyl (C=O) groups is 1. The van der Waals surface area contributed by atoms with E-state index in [0.717, 1.165) is 0 Å². The molecule has 0 radical (unpaired) electrons. The minimum atomic E-state index is -4.35. The van der Waals surface area contributed by atoms with Crippen LogP contribution in [0.5, 0.6) is 0 Å². The van der Waals surface area contributed by atoms with E-state index < -0.39 is 25.0 Å². The zero-order valence-electron chi connectivity index (χ0n) is 10.0. The lowest BCUT2D eigenvalue weighted by atomic mass is 10.2. The molecule has 0 aliphatic heterocycles. The van der Waals surface area contributed by atoms with Crippen molar-refractivity contribution < 1.29 is 24.1 Å². The zero-order chi connectivity index (χ0) is 13.6. The lowest BCUT2D eigenvalue weighted by molar-refractivity contribution is -0.135. The average Bonchev–Trinajstić information content (AvgIpc) is 2.27. The lowest BCUT2D eigenvalue weighted by Gasteiger charge is -2.06. The molecule has 1 rings (SSSR count). The maximum absolute atomic E-state index is 11.9. The Morgan fingerprint density at radius 2 is 1.94 bits per heavy atom. The van der Waals surface area contributed by atoms with Gasteiger partial charge >= 0.3 is 12.1 Å². The highest BCUT2D eigenvalue weighted by Gasteiger charge is 2.25. The van der Waals surface area contributed by atoms with Crippen LogP contribution < -0.4 is 0 Å². The van der Waals surface area contributed by atoms with E-state index in [4.69, 9.17) is 6.11 Å². The quantitative estimate of drug-likeness (QED) is 0.743. The first-order valence-corrected chi connectivity index (χ1v) is 5.09. The van der Waals surface area contributed by atoms with E-state index in [1.54, 1.807) is 30.3 Å². The highest BCUT2D eigenvalue weighted by molar-refractivity contribution is 5.89. The number of halogens is 3. The molecule has 0 spiro atoms. The number of hydrogen-bond donors (Lipinski definition) is 0. The summed E-state index contributed by atoms with van der Waals surface area (Å²) < 4.78 is 47.7. The number of benzene rings is 1. The van der Waals surface area contributed by atoms with Crippen LogP contribution in [0.1, 0.15) is 31.0 Å². The molecule has 0 aromatic heterocycles. The monoisotopic (exact) mass is 247 g/mol. The first-order valence-electron chi connectivity index (χ1n) is 5.67. The molecule has 17 heavy (non-hydrogen) atoms. The van der Waals surface area contributed by atoms with Gasteiger partial charge in [0.2, 0.25) is 0 Å². The molecule has 0 fully saturated rings. The van der Waals surface area contributed by atoms with Gasteiger partial charge in [0.05, 0.1) is 12.2 Å². The Hall–Kier alpha value is -1.52. The standard InChI is InChI=1S/C12H13F3O2/c13-12(14,15)8-4-5-9-17-11(16)10-6-2-1-3-7-10/h1-3,6-7H,4-5,8-9H2/i4D. The SMILES string of the molecule is [2H]C(CCOC(=O)c1ccccc1)CC(F)(F)F. The molecule has 0 amide bonds. The van der Waals surface area contributed by atoms with Gasteiger partial charge in [0.1, 0.15) is 0 Å². The number of alkyl halides is 3. The van der Waals surface area contributed by atoms with Gasteiger partial charge < -0.3 is 4.74 Å². The van der Waals surface area contributed by atoms with Crippen LogP contribution in [-0.4, -0.2) is 18.8 Å². The predicted molar refractivity (Wildman–Crippen MR) is 56.6 cm³/mol. The fourth-order valence-corrected chi connectivity index (χ4v) is 1.16. The van der Waals surface area contributed by atoms with Crippen LogP contribution in [0, 0.1) is 0 Å². The summed E-state index contributed by atoms with van der Waals surface area (Å²) in [5, 5.41) is 0. The van der Waals surface area contributed by atoms with E-state index in [1.807, 2.05) is 0 Å². The van der Waals surface area contributed by atoms with Gasteiger partial charge in [0, 0.05) is 7.79 Å². The van der Waals surface area contributed by atoms with Crippen molar-refractivity contribution in [2.75, 3.05) is 6.61 Å². The van der Waals surface area contributed by atoms with Gasteiger partial charge in [-0.25, -0.2) is 4.79 Å². The first kappa shape index (κ1) is 12.0.